The fourth-order valence-electron chi connectivity index (χ4n) is 4.88. The van der Waals surface area contributed by atoms with Gasteiger partial charge in [0.25, 0.3) is 10.1 Å². The Morgan fingerprint density at radius 3 is 1.71 bits per heavy atom. The molecule has 0 spiro atoms. The summed E-state index contributed by atoms with van der Waals surface area (Å²) in [5.74, 6) is 0.0372. The van der Waals surface area contributed by atoms with Crippen LogP contribution in [0.15, 0.2) is 0 Å². The van der Waals surface area contributed by atoms with E-state index in [2.05, 4.69) is 14.0 Å². The molecular weight excluding hydrogens is 370 g/mol. The van der Waals surface area contributed by atoms with E-state index in [0.29, 0.717) is 0 Å². The van der Waals surface area contributed by atoms with E-state index in [1.165, 1.54) is 89.9 Å². The van der Waals surface area contributed by atoms with Gasteiger partial charge in [0.2, 0.25) is 0 Å². The first-order valence-corrected chi connectivity index (χ1v) is 13.7. The molecule has 0 aromatic rings. The molecular formula is C23H48NO3S+. The minimum atomic E-state index is -3.88. The number of quaternary nitrogens is 1. The van der Waals surface area contributed by atoms with E-state index in [1.807, 2.05) is 0 Å². The number of hydrogen-bond donors (Lipinski definition) is 1. The second-order valence-electron chi connectivity index (χ2n) is 9.60. The summed E-state index contributed by atoms with van der Waals surface area (Å²) in [6, 6.07) is 0. The molecule has 5 heteroatoms. The van der Waals surface area contributed by atoms with Crippen molar-refractivity contribution in [2.24, 2.45) is 5.92 Å². The van der Waals surface area contributed by atoms with Crippen molar-refractivity contribution in [3.8, 4) is 0 Å². The molecule has 1 N–H and O–H groups in total. The van der Waals surface area contributed by atoms with Gasteiger partial charge in [-0.3, -0.25) is 4.55 Å². The first-order chi connectivity index (χ1) is 13.3. The highest BCUT2D eigenvalue weighted by atomic mass is 32.2. The molecule has 0 aromatic heterocycles. The molecule has 168 valence electrons. The molecule has 0 radical (unpaired) electrons. The maximum atomic E-state index is 11.5. The quantitative estimate of drug-likeness (QED) is 0.184. The summed E-state index contributed by atoms with van der Waals surface area (Å²) in [6.45, 7) is 5.47. The zero-order chi connectivity index (χ0) is 20.7. The molecule has 0 bridgehead atoms. The van der Waals surface area contributed by atoms with Crippen molar-refractivity contribution in [2.75, 3.05) is 32.4 Å². The van der Waals surface area contributed by atoms with Gasteiger partial charge in [-0.1, -0.05) is 77.6 Å². The molecule has 1 fully saturated rings. The fraction of sp³-hybridized carbons (Fsp3) is 1.00. The molecule has 0 amide bonds. The van der Waals surface area contributed by atoms with Gasteiger partial charge in [-0.25, -0.2) is 0 Å². The van der Waals surface area contributed by atoms with Gasteiger partial charge in [-0.15, -0.1) is 0 Å². The third kappa shape index (κ3) is 13.9. The Balaban J connectivity index is 2.23. The van der Waals surface area contributed by atoms with Crippen LogP contribution in [0.3, 0.4) is 0 Å². The molecule has 0 saturated carbocycles. The Hall–Kier alpha value is -0.130. The van der Waals surface area contributed by atoms with Crippen molar-refractivity contribution in [2.45, 2.75) is 110 Å². The monoisotopic (exact) mass is 418 g/mol. The second-order valence-corrected chi connectivity index (χ2v) is 11.1. The summed E-state index contributed by atoms with van der Waals surface area (Å²) in [5, 5.41) is 0. The largest absolute Gasteiger partial charge is 0.326 e. The molecule has 1 heterocycles. The van der Waals surface area contributed by atoms with Gasteiger partial charge in [-0.05, 0) is 32.1 Å². The molecule has 1 saturated heterocycles. The standard InChI is InChI=1S/C23H47NO3S/c1-3-4-5-6-7-8-9-10-11-12-15-18-23(22-28(25,26)27)21-24(2)19-16-13-14-17-20-24/h23H,3-22H2,1-2H3/p+1. The Morgan fingerprint density at radius 1 is 0.786 bits per heavy atom. The van der Waals surface area contributed by atoms with E-state index in [4.69, 9.17) is 0 Å². The maximum Gasteiger partial charge on any atom is 0.265 e. The highest BCUT2D eigenvalue weighted by Gasteiger charge is 2.29. The highest BCUT2D eigenvalue weighted by molar-refractivity contribution is 7.85. The number of nitrogens with zero attached hydrogens (tertiary/aromatic N) is 1. The van der Waals surface area contributed by atoms with E-state index in [0.717, 1.165) is 37.0 Å². The van der Waals surface area contributed by atoms with Crippen LogP contribution in [0.5, 0.6) is 0 Å². The molecule has 28 heavy (non-hydrogen) atoms. The Morgan fingerprint density at radius 2 is 1.25 bits per heavy atom. The van der Waals surface area contributed by atoms with E-state index in [-0.39, 0.29) is 11.7 Å². The zero-order valence-electron chi connectivity index (χ0n) is 18.8. The SMILES string of the molecule is CCCCCCCCCCCCCC(C[N+]1(C)CCCCCC1)CS(=O)(=O)O. The fourth-order valence-corrected chi connectivity index (χ4v) is 5.75. The topological polar surface area (TPSA) is 54.4 Å². The van der Waals surface area contributed by atoms with Crippen LogP contribution in [-0.4, -0.2) is 49.9 Å². The summed E-state index contributed by atoms with van der Waals surface area (Å²) in [6.07, 6.45) is 20.5. The molecule has 1 rings (SSSR count). The van der Waals surface area contributed by atoms with Crippen molar-refractivity contribution < 1.29 is 17.5 Å². The van der Waals surface area contributed by atoms with Crippen LogP contribution in [0.25, 0.3) is 0 Å². The van der Waals surface area contributed by atoms with Crippen molar-refractivity contribution in [3.05, 3.63) is 0 Å². The van der Waals surface area contributed by atoms with Gasteiger partial charge in [0.15, 0.2) is 0 Å². The molecule has 1 aliphatic rings. The van der Waals surface area contributed by atoms with Gasteiger partial charge in [0, 0.05) is 5.92 Å². The smallest absolute Gasteiger partial charge is 0.265 e. The molecule has 1 aliphatic heterocycles. The minimum Gasteiger partial charge on any atom is -0.326 e. The summed E-state index contributed by atoms with van der Waals surface area (Å²) in [5.41, 5.74) is 0. The summed E-state index contributed by atoms with van der Waals surface area (Å²) >= 11 is 0. The van der Waals surface area contributed by atoms with Gasteiger partial charge in [0.1, 0.15) is 0 Å². The van der Waals surface area contributed by atoms with E-state index in [1.54, 1.807) is 0 Å². The lowest BCUT2D eigenvalue weighted by Crippen LogP contribution is -2.49. The summed E-state index contributed by atoms with van der Waals surface area (Å²) in [4.78, 5) is 0. The lowest BCUT2D eigenvalue weighted by atomic mass is 9.99. The highest BCUT2D eigenvalue weighted by Crippen LogP contribution is 2.22. The van der Waals surface area contributed by atoms with Gasteiger partial charge in [-0.2, -0.15) is 8.42 Å². The molecule has 1 atom stereocenters. The van der Waals surface area contributed by atoms with E-state index < -0.39 is 10.1 Å². The van der Waals surface area contributed by atoms with Crippen LogP contribution in [0.2, 0.25) is 0 Å². The normalized spacial score (nSPS) is 18.7. The third-order valence-electron chi connectivity index (χ3n) is 6.51. The van der Waals surface area contributed by atoms with Crippen LogP contribution >= 0.6 is 0 Å². The Bertz CT molecular complexity index is 470. The lowest BCUT2D eigenvalue weighted by Gasteiger charge is -2.36. The minimum absolute atomic E-state index is 0.0569. The Kier molecular flexibility index (Phi) is 13.7. The average molecular weight is 419 g/mol. The lowest BCUT2D eigenvalue weighted by molar-refractivity contribution is -0.911. The zero-order valence-corrected chi connectivity index (χ0v) is 19.7. The predicted molar refractivity (Wildman–Crippen MR) is 120 cm³/mol. The average Bonchev–Trinajstić information content (AvgIpc) is 2.82. The van der Waals surface area contributed by atoms with E-state index in [9.17, 15) is 13.0 Å². The molecule has 0 aliphatic carbocycles. The molecule has 0 aromatic carbocycles. The maximum absolute atomic E-state index is 11.5. The Labute approximate surface area is 175 Å². The number of hydrogen-bond acceptors (Lipinski definition) is 2. The summed E-state index contributed by atoms with van der Waals surface area (Å²) < 4.78 is 33.4. The van der Waals surface area contributed by atoms with Crippen molar-refractivity contribution in [3.63, 3.8) is 0 Å². The van der Waals surface area contributed by atoms with Gasteiger partial charge in [0.05, 0.1) is 32.4 Å². The van der Waals surface area contributed by atoms with E-state index >= 15 is 0 Å². The number of likely N-dealkylation sites (tertiary alicyclic amines) is 1. The number of unbranched alkanes of at least 4 members (excludes halogenated alkanes) is 10. The molecule has 1 unspecified atom stereocenters. The van der Waals surface area contributed by atoms with Crippen LogP contribution in [0, 0.1) is 5.92 Å². The van der Waals surface area contributed by atoms with Crippen molar-refractivity contribution in [1.29, 1.82) is 0 Å². The first kappa shape index (κ1) is 25.9. The summed E-state index contributed by atoms with van der Waals surface area (Å²) in [7, 11) is -1.60. The van der Waals surface area contributed by atoms with Crippen LogP contribution < -0.4 is 0 Å². The molecule has 4 nitrogen and oxygen atoms in total. The van der Waals surface area contributed by atoms with Crippen LogP contribution in [0.4, 0.5) is 0 Å². The van der Waals surface area contributed by atoms with Gasteiger partial charge >= 0.3 is 0 Å². The van der Waals surface area contributed by atoms with Crippen molar-refractivity contribution in [1.82, 2.24) is 0 Å². The first-order valence-electron chi connectivity index (χ1n) is 12.1. The third-order valence-corrected chi connectivity index (χ3v) is 7.40. The van der Waals surface area contributed by atoms with Crippen LogP contribution in [-0.2, 0) is 10.1 Å². The number of rotatable bonds is 16. The second kappa shape index (κ2) is 14.8. The van der Waals surface area contributed by atoms with Crippen molar-refractivity contribution >= 4 is 10.1 Å². The van der Waals surface area contributed by atoms with Crippen LogP contribution in [0.1, 0.15) is 110 Å². The van der Waals surface area contributed by atoms with Gasteiger partial charge < -0.3 is 4.48 Å². The predicted octanol–water partition coefficient (Wildman–Crippen LogP) is 6.21.